The lowest BCUT2D eigenvalue weighted by Crippen LogP contribution is -2.45. The Labute approximate surface area is 88.1 Å². The predicted molar refractivity (Wildman–Crippen MR) is 60.5 cm³/mol. The van der Waals surface area contributed by atoms with E-state index in [4.69, 9.17) is 0 Å². The Kier molecular flexibility index (Phi) is 3.45. The first-order valence-corrected chi connectivity index (χ1v) is 6.28. The van der Waals surface area contributed by atoms with Crippen LogP contribution in [-0.2, 0) is 0 Å². The summed E-state index contributed by atoms with van der Waals surface area (Å²) in [5.41, 5.74) is 0.732. The SMILES string of the molecule is CCCN1CCC2(CCNCC2)CC1. The first kappa shape index (κ1) is 10.4. The van der Waals surface area contributed by atoms with Crippen molar-refractivity contribution in [2.75, 3.05) is 32.7 Å². The molecule has 82 valence electrons. The molecule has 2 heterocycles. The third-order valence-corrected chi connectivity index (χ3v) is 4.12. The molecule has 2 heteroatoms. The van der Waals surface area contributed by atoms with E-state index in [9.17, 15) is 0 Å². The molecule has 0 unspecified atom stereocenters. The maximum Gasteiger partial charge on any atom is -0.00134 e. The Bertz CT molecular complexity index is 163. The van der Waals surface area contributed by atoms with Crippen molar-refractivity contribution in [2.45, 2.75) is 39.0 Å². The zero-order valence-electron chi connectivity index (χ0n) is 9.52. The predicted octanol–water partition coefficient (Wildman–Crippen LogP) is 1.86. The minimum atomic E-state index is 0.732. The van der Waals surface area contributed by atoms with Crippen LogP contribution in [0.4, 0.5) is 0 Å². The lowest BCUT2D eigenvalue weighted by Gasteiger charge is -2.44. The second kappa shape index (κ2) is 4.63. The Morgan fingerprint density at radius 3 is 2.29 bits per heavy atom. The zero-order valence-corrected chi connectivity index (χ0v) is 9.52. The van der Waals surface area contributed by atoms with Crippen molar-refractivity contribution in [2.24, 2.45) is 5.41 Å². The van der Waals surface area contributed by atoms with Crippen LogP contribution in [-0.4, -0.2) is 37.6 Å². The Morgan fingerprint density at radius 1 is 1.07 bits per heavy atom. The van der Waals surface area contributed by atoms with E-state index in [-0.39, 0.29) is 0 Å². The van der Waals surface area contributed by atoms with E-state index in [2.05, 4.69) is 17.1 Å². The standard InChI is InChI=1S/C12H24N2/c1-2-9-14-10-5-12(6-11-14)3-7-13-8-4-12/h13H,2-11H2,1H3. The van der Waals surface area contributed by atoms with Gasteiger partial charge in [0, 0.05) is 0 Å². The number of hydrogen-bond donors (Lipinski definition) is 1. The lowest BCUT2D eigenvalue weighted by molar-refractivity contribution is 0.0741. The fourth-order valence-corrected chi connectivity index (χ4v) is 3.02. The van der Waals surface area contributed by atoms with Gasteiger partial charge in [0.2, 0.25) is 0 Å². The quantitative estimate of drug-likeness (QED) is 0.725. The molecule has 2 saturated heterocycles. The Morgan fingerprint density at radius 2 is 1.71 bits per heavy atom. The van der Waals surface area contributed by atoms with Gasteiger partial charge in [0.15, 0.2) is 0 Å². The van der Waals surface area contributed by atoms with Gasteiger partial charge < -0.3 is 10.2 Å². The number of hydrogen-bond acceptors (Lipinski definition) is 2. The number of rotatable bonds is 2. The molecule has 2 rings (SSSR count). The summed E-state index contributed by atoms with van der Waals surface area (Å²) in [4.78, 5) is 2.65. The topological polar surface area (TPSA) is 15.3 Å². The molecule has 2 fully saturated rings. The van der Waals surface area contributed by atoms with Crippen LogP contribution in [0.2, 0.25) is 0 Å². The van der Waals surface area contributed by atoms with E-state index in [1.54, 1.807) is 0 Å². The number of nitrogens with one attached hydrogen (secondary N) is 1. The first-order valence-electron chi connectivity index (χ1n) is 6.28. The van der Waals surface area contributed by atoms with E-state index < -0.39 is 0 Å². The van der Waals surface area contributed by atoms with Crippen molar-refractivity contribution < 1.29 is 0 Å². The van der Waals surface area contributed by atoms with Crippen molar-refractivity contribution in [3.8, 4) is 0 Å². The summed E-state index contributed by atoms with van der Waals surface area (Å²) < 4.78 is 0. The highest BCUT2D eigenvalue weighted by Gasteiger charge is 2.34. The molecule has 14 heavy (non-hydrogen) atoms. The Balaban J connectivity index is 1.81. The van der Waals surface area contributed by atoms with Crippen LogP contribution in [0.15, 0.2) is 0 Å². The molecular weight excluding hydrogens is 172 g/mol. The molecule has 0 bridgehead atoms. The first-order chi connectivity index (χ1) is 6.85. The monoisotopic (exact) mass is 196 g/mol. The average molecular weight is 196 g/mol. The average Bonchev–Trinajstić information content (AvgIpc) is 2.24. The van der Waals surface area contributed by atoms with E-state index in [0.29, 0.717) is 0 Å². The van der Waals surface area contributed by atoms with E-state index in [0.717, 1.165) is 5.41 Å². The molecule has 0 aromatic heterocycles. The summed E-state index contributed by atoms with van der Waals surface area (Å²) in [6, 6.07) is 0. The van der Waals surface area contributed by atoms with Crippen molar-refractivity contribution in [1.82, 2.24) is 10.2 Å². The molecule has 2 aliphatic rings. The third-order valence-electron chi connectivity index (χ3n) is 4.12. The summed E-state index contributed by atoms with van der Waals surface area (Å²) in [5, 5.41) is 3.48. The highest BCUT2D eigenvalue weighted by atomic mass is 15.1. The van der Waals surface area contributed by atoms with Crippen LogP contribution in [0, 0.1) is 5.41 Å². The minimum Gasteiger partial charge on any atom is -0.317 e. The van der Waals surface area contributed by atoms with Gasteiger partial charge in [0.1, 0.15) is 0 Å². The highest BCUT2D eigenvalue weighted by Crippen LogP contribution is 2.39. The number of likely N-dealkylation sites (tertiary alicyclic amines) is 1. The normalized spacial score (nSPS) is 28.1. The smallest absolute Gasteiger partial charge is 0.00134 e. The molecule has 2 nitrogen and oxygen atoms in total. The molecule has 0 aromatic rings. The second-order valence-electron chi connectivity index (χ2n) is 5.09. The maximum atomic E-state index is 3.48. The van der Waals surface area contributed by atoms with Crippen molar-refractivity contribution >= 4 is 0 Å². The molecule has 0 radical (unpaired) electrons. The van der Waals surface area contributed by atoms with E-state index in [1.165, 1.54) is 64.8 Å². The molecule has 1 spiro atoms. The number of piperidine rings is 2. The summed E-state index contributed by atoms with van der Waals surface area (Å²) in [7, 11) is 0. The maximum absolute atomic E-state index is 3.48. The molecule has 0 atom stereocenters. The second-order valence-corrected chi connectivity index (χ2v) is 5.09. The summed E-state index contributed by atoms with van der Waals surface area (Å²) in [5.74, 6) is 0. The van der Waals surface area contributed by atoms with Crippen molar-refractivity contribution in [3.63, 3.8) is 0 Å². The van der Waals surface area contributed by atoms with Crippen LogP contribution in [0.5, 0.6) is 0 Å². The highest BCUT2D eigenvalue weighted by molar-refractivity contribution is 4.89. The minimum absolute atomic E-state index is 0.732. The van der Waals surface area contributed by atoms with Gasteiger partial charge in [-0.15, -0.1) is 0 Å². The zero-order chi connectivity index (χ0) is 9.86. The van der Waals surface area contributed by atoms with Crippen LogP contribution < -0.4 is 5.32 Å². The van der Waals surface area contributed by atoms with Gasteiger partial charge in [-0.1, -0.05) is 6.92 Å². The number of nitrogens with zero attached hydrogens (tertiary/aromatic N) is 1. The van der Waals surface area contributed by atoms with Gasteiger partial charge in [-0.3, -0.25) is 0 Å². The van der Waals surface area contributed by atoms with Gasteiger partial charge >= 0.3 is 0 Å². The van der Waals surface area contributed by atoms with Gasteiger partial charge in [-0.25, -0.2) is 0 Å². The van der Waals surface area contributed by atoms with E-state index in [1.807, 2.05) is 0 Å². The molecule has 0 amide bonds. The van der Waals surface area contributed by atoms with Gasteiger partial charge in [0.05, 0.1) is 0 Å². The fraction of sp³-hybridized carbons (Fsp3) is 1.00. The molecule has 2 aliphatic heterocycles. The van der Waals surface area contributed by atoms with Gasteiger partial charge in [0.25, 0.3) is 0 Å². The summed E-state index contributed by atoms with van der Waals surface area (Å²) >= 11 is 0. The third kappa shape index (κ3) is 2.29. The fourth-order valence-electron chi connectivity index (χ4n) is 3.02. The molecule has 0 aromatic carbocycles. The summed E-state index contributed by atoms with van der Waals surface area (Å²) in [6.07, 6.45) is 7.07. The lowest BCUT2D eigenvalue weighted by atomic mass is 9.71. The van der Waals surface area contributed by atoms with Gasteiger partial charge in [-0.2, -0.15) is 0 Å². The van der Waals surface area contributed by atoms with Crippen LogP contribution in [0.1, 0.15) is 39.0 Å². The Hall–Kier alpha value is -0.0800. The van der Waals surface area contributed by atoms with Crippen LogP contribution in [0.25, 0.3) is 0 Å². The van der Waals surface area contributed by atoms with Gasteiger partial charge in [-0.05, 0) is 70.2 Å². The van der Waals surface area contributed by atoms with Crippen LogP contribution in [0.3, 0.4) is 0 Å². The molecule has 0 saturated carbocycles. The van der Waals surface area contributed by atoms with Crippen LogP contribution >= 0.6 is 0 Å². The van der Waals surface area contributed by atoms with Crippen molar-refractivity contribution in [1.29, 1.82) is 0 Å². The molecule has 1 N–H and O–H groups in total. The molecule has 0 aliphatic carbocycles. The largest absolute Gasteiger partial charge is 0.317 e. The van der Waals surface area contributed by atoms with Crippen molar-refractivity contribution in [3.05, 3.63) is 0 Å². The van der Waals surface area contributed by atoms with E-state index >= 15 is 0 Å². The summed E-state index contributed by atoms with van der Waals surface area (Å²) in [6.45, 7) is 8.83. The molecular formula is C12H24N2.